The predicted molar refractivity (Wildman–Crippen MR) is 59.7 cm³/mol. The molecule has 0 radical (unpaired) electrons. The largest absolute Gasteiger partial charge is 0.396 e. The van der Waals surface area contributed by atoms with Gasteiger partial charge in [-0.3, -0.25) is 0 Å². The number of nitrogen functional groups attached to an aromatic ring is 1. The van der Waals surface area contributed by atoms with Crippen molar-refractivity contribution in [3.63, 3.8) is 0 Å². The Kier molecular flexibility index (Phi) is 3.02. The summed E-state index contributed by atoms with van der Waals surface area (Å²) in [5.74, 6) is 0.431. The van der Waals surface area contributed by atoms with Gasteiger partial charge in [0.1, 0.15) is 17.8 Å². The second-order valence-corrected chi connectivity index (χ2v) is 3.63. The van der Waals surface area contributed by atoms with E-state index in [0.29, 0.717) is 24.4 Å². The van der Waals surface area contributed by atoms with Crippen molar-refractivity contribution in [3.8, 4) is 0 Å². The maximum Gasteiger partial charge on any atom is 0.145 e. The molecule has 2 aromatic rings. The van der Waals surface area contributed by atoms with Gasteiger partial charge in [-0.25, -0.2) is 9.97 Å². The number of aliphatic hydroxyl groups excluding tert-OH is 2. The Balaban J connectivity index is 2.28. The highest BCUT2D eigenvalue weighted by Gasteiger charge is 2.09. The zero-order valence-corrected chi connectivity index (χ0v) is 8.74. The highest BCUT2D eigenvalue weighted by atomic mass is 16.3. The first-order valence-electron chi connectivity index (χ1n) is 5.06. The Bertz CT molecular complexity index is 483. The van der Waals surface area contributed by atoms with Crippen molar-refractivity contribution in [1.82, 2.24) is 14.5 Å². The molecule has 0 aliphatic heterocycles. The molecule has 0 saturated heterocycles. The monoisotopic (exact) mass is 222 g/mol. The van der Waals surface area contributed by atoms with Crippen LogP contribution in [0.5, 0.6) is 0 Å². The van der Waals surface area contributed by atoms with Gasteiger partial charge in [-0.05, 0) is 12.5 Å². The molecule has 86 valence electrons. The Morgan fingerprint density at radius 2 is 2.25 bits per heavy atom. The summed E-state index contributed by atoms with van der Waals surface area (Å²) in [5, 5.41) is 19.1. The van der Waals surface area contributed by atoms with Crippen molar-refractivity contribution >= 4 is 16.9 Å². The third-order valence-corrected chi connectivity index (χ3v) is 2.46. The Labute approximate surface area is 92.4 Å². The van der Waals surface area contributed by atoms with Crippen LogP contribution in [0.15, 0.2) is 18.6 Å². The molecular weight excluding hydrogens is 208 g/mol. The summed E-state index contributed by atoms with van der Waals surface area (Å²) in [4.78, 5) is 8.00. The van der Waals surface area contributed by atoms with Crippen LogP contribution in [0.4, 0.5) is 5.82 Å². The molecule has 0 saturated carbocycles. The first-order valence-corrected chi connectivity index (χ1v) is 5.06. The van der Waals surface area contributed by atoms with Crippen molar-refractivity contribution in [2.75, 3.05) is 12.3 Å². The average molecular weight is 222 g/mol. The maximum absolute atomic E-state index is 9.59. The molecule has 1 unspecified atom stereocenters. The van der Waals surface area contributed by atoms with Crippen molar-refractivity contribution in [1.29, 1.82) is 0 Å². The van der Waals surface area contributed by atoms with Gasteiger partial charge in [0.05, 0.1) is 18.0 Å². The number of rotatable bonds is 4. The van der Waals surface area contributed by atoms with Gasteiger partial charge < -0.3 is 20.5 Å². The molecule has 0 bridgehead atoms. The van der Waals surface area contributed by atoms with Crippen molar-refractivity contribution in [2.24, 2.45) is 0 Å². The number of fused-ring (bicyclic) bond motifs is 1. The van der Waals surface area contributed by atoms with Gasteiger partial charge in [0.25, 0.3) is 0 Å². The summed E-state index contributed by atoms with van der Waals surface area (Å²) in [5.41, 5.74) is 6.39. The van der Waals surface area contributed by atoms with Gasteiger partial charge in [-0.15, -0.1) is 0 Å². The SMILES string of the molecule is Nc1ncnc2c1ccn2CC(O)CCO. The third kappa shape index (κ3) is 1.98. The van der Waals surface area contributed by atoms with Crippen LogP contribution >= 0.6 is 0 Å². The minimum atomic E-state index is -0.586. The maximum atomic E-state index is 9.59. The molecule has 0 aliphatic rings. The lowest BCUT2D eigenvalue weighted by Gasteiger charge is -2.10. The number of hydrogen-bond acceptors (Lipinski definition) is 5. The molecule has 6 heteroatoms. The van der Waals surface area contributed by atoms with Gasteiger partial charge in [-0.2, -0.15) is 0 Å². The first-order chi connectivity index (χ1) is 7.72. The first kappa shape index (κ1) is 10.8. The summed E-state index contributed by atoms with van der Waals surface area (Å²) in [6.07, 6.45) is 2.96. The molecule has 0 amide bonds. The fourth-order valence-corrected chi connectivity index (χ4v) is 1.64. The van der Waals surface area contributed by atoms with Crippen LogP contribution < -0.4 is 5.73 Å². The summed E-state index contributed by atoms with van der Waals surface area (Å²) < 4.78 is 1.80. The normalized spacial score (nSPS) is 13.1. The van der Waals surface area contributed by atoms with E-state index < -0.39 is 6.10 Å². The van der Waals surface area contributed by atoms with Crippen LogP contribution in [0.3, 0.4) is 0 Å². The van der Waals surface area contributed by atoms with E-state index in [-0.39, 0.29) is 6.61 Å². The van der Waals surface area contributed by atoms with Crippen LogP contribution in [-0.2, 0) is 6.54 Å². The van der Waals surface area contributed by atoms with Crippen LogP contribution in [0.2, 0.25) is 0 Å². The number of hydrogen-bond donors (Lipinski definition) is 3. The quantitative estimate of drug-likeness (QED) is 0.663. The second-order valence-electron chi connectivity index (χ2n) is 3.63. The van der Waals surface area contributed by atoms with Crippen molar-refractivity contribution in [3.05, 3.63) is 18.6 Å². The number of aliphatic hydroxyl groups is 2. The van der Waals surface area contributed by atoms with E-state index in [0.717, 1.165) is 5.39 Å². The van der Waals surface area contributed by atoms with Gasteiger partial charge in [0, 0.05) is 12.8 Å². The van der Waals surface area contributed by atoms with Crippen molar-refractivity contribution in [2.45, 2.75) is 19.1 Å². The number of anilines is 1. The van der Waals surface area contributed by atoms with E-state index in [4.69, 9.17) is 10.8 Å². The lowest BCUT2D eigenvalue weighted by Crippen LogP contribution is -2.17. The molecule has 2 aromatic heterocycles. The lowest BCUT2D eigenvalue weighted by atomic mass is 10.2. The molecule has 16 heavy (non-hydrogen) atoms. The minimum Gasteiger partial charge on any atom is -0.396 e. The van der Waals surface area contributed by atoms with E-state index in [1.807, 2.05) is 6.07 Å². The number of aromatic nitrogens is 3. The van der Waals surface area contributed by atoms with Gasteiger partial charge in [-0.1, -0.05) is 0 Å². The molecule has 6 nitrogen and oxygen atoms in total. The summed E-state index contributed by atoms with van der Waals surface area (Å²) in [7, 11) is 0. The summed E-state index contributed by atoms with van der Waals surface area (Å²) in [6, 6.07) is 1.82. The zero-order valence-electron chi connectivity index (χ0n) is 8.74. The molecule has 2 heterocycles. The third-order valence-electron chi connectivity index (χ3n) is 2.46. The number of nitrogens with two attached hydrogens (primary N) is 1. The lowest BCUT2D eigenvalue weighted by molar-refractivity contribution is 0.118. The van der Waals surface area contributed by atoms with E-state index in [1.54, 1.807) is 10.8 Å². The summed E-state index contributed by atoms with van der Waals surface area (Å²) in [6.45, 7) is 0.359. The van der Waals surface area contributed by atoms with Crippen LogP contribution in [0.25, 0.3) is 11.0 Å². The standard InChI is InChI=1S/C10H14N4O2/c11-9-8-1-3-14(5-7(16)2-4-15)10(8)13-6-12-9/h1,3,6-7,15-16H,2,4-5H2,(H2,11,12,13). The van der Waals surface area contributed by atoms with E-state index in [9.17, 15) is 5.11 Å². The van der Waals surface area contributed by atoms with Crippen molar-refractivity contribution < 1.29 is 10.2 Å². The average Bonchev–Trinajstić information content (AvgIpc) is 2.64. The van der Waals surface area contributed by atoms with Gasteiger partial charge >= 0.3 is 0 Å². The molecule has 0 aliphatic carbocycles. The molecule has 4 N–H and O–H groups in total. The predicted octanol–water partition coefficient (Wildman–Crippen LogP) is -0.243. The van der Waals surface area contributed by atoms with Gasteiger partial charge in [0.15, 0.2) is 0 Å². The van der Waals surface area contributed by atoms with Crippen LogP contribution in [-0.4, -0.2) is 37.5 Å². The topological polar surface area (TPSA) is 97.2 Å². The fraction of sp³-hybridized carbons (Fsp3) is 0.400. The Morgan fingerprint density at radius 1 is 1.44 bits per heavy atom. The van der Waals surface area contributed by atoms with Crippen LogP contribution in [0.1, 0.15) is 6.42 Å². The molecule has 2 rings (SSSR count). The fourth-order valence-electron chi connectivity index (χ4n) is 1.64. The van der Waals surface area contributed by atoms with E-state index in [2.05, 4.69) is 9.97 Å². The molecular formula is C10H14N4O2. The molecule has 0 spiro atoms. The van der Waals surface area contributed by atoms with E-state index >= 15 is 0 Å². The van der Waals surface area contributed by atoms with E-state index in [1.165, 1.54) is 6.33 Å². The molecule has 1 atom stereocenters. The Hall–Kier alpha value is -1.66. The smallest absolute Gasteiger partial charge is 0.145 e. The highest BCUT2D eigenvalue weighted by Crippen LogP contribution is 2.17. The zero-order chi connectivity index (χ0) is 11.5. The summed E-state index contributed by atoms with van der Waals surface area (Å²) >= 11 is 0. The minimum absolute atomic E-state index is 0.0303. The second kappa shape index (κ2) is 4.46. The molecule has 0 aromatic carbocycles. The van der Waals surface area contributed by atoms with Gasteiger partial charge in [0.2, 0.25) is 0 Å². The molecule has 0 fully saturated rings. The Morgan fingerprint density at radius 3 is 3.00 bits per heavy atom. The number of nitrogens with zero attached hydrogens (tertiary/aromatic N) is 3. The van der Waals surface area contributed by atoms with Crippen LogP contribution in [0, 0.1) is 0 Å². The highest BCUT2D eigenvalue weighted by molar-refractivity contribution is 5.85.